The van der Waals surface area contributed by atoms with Gasteiger partial charge < -0.3 is 14.7 Å². The number of ether oxygens (including phenoxy) is 1. The van der Waals surface area contributed by atoms with Gasteiger partial charge in [-0.3, -0.25) is 9.58 Å². The van der Waals surface area contributed by atoms with E-state index in [4.69, 9.17) is 4.74 Å². The van der Waals surface area contributed by atoms with Crippen molar-refractivity contribution in [2.75, 3.05) is 19.6 Å². The van der Waals surface area contributed by atoms with Crippen LogP contribution in [-0.4, -0.2) is 65.8 Å². The molecule has 2 aromatic heterocycles. The van der Waals surface area contributed by atoms with Crippen molar-refractivity contribution in [3.63, 3.8) is 0 Å². The molecule has 0 bridgehead atoms. The molecular weight excluding hydrogens is 436 g/mol. The van der Waals surface area contributed by atoms with Crippen LogP contribution in [-0.2, 0) is 37.3 Å². The monoisotopic (exact) mass is 459 g/mol. The van der Waals surface area contributed by atoms with Gasteiger partial charge in [0, 0.05) is 44.7 Å². The normalized spacial score (nSPS) is 17.2. The van der Waals surface area contributed by atoms with Crippen LogP contribution in [0.3, 0.4) is 0 Å². The Morgan fingerprint density at radius 1 is 1.09 bits per heavy atom. The maximum absolute atomic E-state index is 13.3. The first-order valence-electron chi connectivity index (χ1n) is 10.7. The molecule has 0 aliphatic carbocycles. The lowest BCUT2D eigenvalue weighted by Crippen LogP contribution is -2.35. The molecule has 0 radical (unpaired) electrons. The van der Waals surface area contributed by atoms with Crippen molar-refractivity contribution in [1.82, 2.24) is 35.0 Å². The maximum Gasteiger partial charge on any atom is 0.410 e. The summed E-state index contributed by atoms with van der Waals surface area (Å²) in [7, 11) is 0. The molecule has 2 N–H and O–H groups in total. The summed E-state index contributed by atoms with van der Waals surface area (Å²) in [6, 6.07) is 5.25. The molecule has 3 aromatic rings. The first-order valence-corrected chi connectivity index (χ1v) is 10.7. The highest BCUT2D eigenvalue weighted by molar-refractivity contribution is 5.67. The van der Waals surface area contributed by atoms with Gasteiger partial charge in [0.1, 0.15) is 12.3 Å². The van der Waals surface area contributed by atoms with Gasteiger partial charge in [-0.1, -0.05) is 6.07 Å². The standard InChI is InChI=1S/C21H23F2N7O3/c22-15-2-1-13(9-16(15)23)12-33-21(32)28-5-3-14-10-18(26-30(14)8-7-28)20(31)29-6-4-17-19(11-29)25-27-24-17/h1-2,9-10,20,31H,3-8,11-12H2,(H,24,25,27). The molecule has 2 aliphatic heterocycles. The fourth-order valence-electron chi connectivity index (χ4n) is 4.14. The number of fused-ring (bicyclic) bond motifs is 2. The first-order chi connectivity index (χ1) is 16.0. The van der Waals surface area contributed by atoms with Crippen molar-refractivity contribution >= 4 is 6.09 Å². The molecule has 1 atom stereocenters. The Morgan fingerprint density at radius 2 is 1.94 bits per heavy atom. The fourth-order valence-corrected chi connectivity index (χ4v) is 4.14. The molecule has 12 heteroatoms. The number of halogens is 2. The number of carbonyl (C=O) groups excluding carboxylic acids is 1. The molecule has 1 amide bonds. The van der Waals surface area contributed by atoms with E-state index in [0.717, 1.165) is 29.2 Å². The van der Waals surface area contributed by atoms with E-state index >= 15 is 0 Å². The SMILES string of the molecule is O=C(OCc1ccc(F)c(F)c1)N1CCc2cc(C(O)N3CCc4n[nH]nc4C3)nn2CC1. The van der Waals surface area contributed by atoms with Crippen LogP contribution in [0, 0.1) is 11.6 Å². The van der Waals surface area contributed by atoms with Crippen molar-refractivity contribution < 1.29 is 23.4 Å². The van der Waals surface area contributed by atoms with Gasteiger partial charge in [-0.05, 0) is 23.8 Å². The summed E-state index contributed by atoms with van der Waals surface area (Å²) < 4.78 is 33.4. The lowest BCUT2D eigenvalue weighted by molar-refractivity contribution is -0.0124. The summed E-state index contributed by atoms with van der Waals surface area (Å²) in [6.45, 7) is 2.26. The number of nitrogens with zero attached hydrogens (tertiary/aromatic N) is 6. The topological polar surface area (TPSA) is 112 Å². The summed E-state index contributed by atoms with van der Waals surface area (Å²) in [5.74, 6) is -1.92. The maximum atomic E-state index is 13.3. The molecule has 1 unspecified atom stereocenters. The zero-order valence-electron chi connectivity index (χ0n) is 17.7. The Hall–Kier alpha value is -3.38. The number of hydrogen-bond donors (Lipinski definition) is 2. The van der Waals surface area contributed by atoms with Crippen LogP contribution in [0.5, 0.6) is 0 Å². The van der Waals surface area contributed by atoms with Crippen molar-refractivity contribution in [3.8, 4) is 0 Å². The Kier molecular flexibility index (Phi) is 5.77. The Balaban J connectivity index is 1.17. The highest BCUT2D eigenvalue weighted by Crippen LogP contribution is 2.25. The average Bonchev–Trinajstić information content (AvgIpc) is 3.41. The minimum absolute atomic E-state index is 0.142. The summed E-state index contributed by atoms with van der Waals surface area (Å²) in [6.07, 6.45) is -0.125. The highest BCUT2D eigenvalue weighted by Gasteiger charge is 2.29. The number of benzene rings is 1. The van der Waals surface area contributed by atoms with Crippen LogP contribution in [0.4, 0.5) is 13.6 Å². The van der Waals surface area contributed by atoms with Gasteiger partial charge >= 0.3 is 6.09 Å². The number of amides is 1. The largest absolute Gasteiger partial charge is 0.445 e. The average molecular weight is 459 g/mol. The smallest absolute Gasteiger partial charge is 0.410 e. The zero-order chi connectivity index (χ0) is 22.9. The van der Waals surface area contributed by atoms with Gasteiger partial charge in [-0.2, -0.15) is 20.5 Å². The number of aliphatic hydroxyl groups excluding tert-OH is 1. The number of nitrogens with one attached hydrogen (secondary N) is 1. The molecule has 1 aromatic carbocycles. The highest BCUT2D eigenvalue weighted by atomic mass is 19.2. The molecule has 0 spiro atoms. The van der Waals surface area contributed by atoms with Crippen LogP contribution in [0.15, 0.2) is 24.3 Å². The molecule has 0 saturated carbocycles. The quantitative estimate of drug-likeness (QED) is 0.608. The van der Waals surface area contributed by atoms with E-state index in [9.17, 15) is 18.7 Å². The third kappa shape index (κ3) is 4.44. The predicted octanol–water partition coefficient (Wildman–Crippen LogP) is 1.52. The van der Waals surface area contributed by atoms with Crippen LogP contribution in [0.2, 0.25) is 0 Å². The summed E-state index contributed by atoms with van der Waals surface area (Å²) in [4.78, 5) is 15.9. The first kappa shape index (κ1) is 21.5. The molecule has 10 nitrogen and oxygen atoms in total. The van der Waals surface area contributed by atoms with Gasteiger partial charge in [-0.15, -0.1) is 0 Å². The van der Waals surface area contributed by atoms with Crippen molar-refractivity contribution in [2.24, 2.45) is 0 Å². The summed E-state index contributed by atoms with van der Waals surface area (Å²) in [5.41, 5.74) is 3.61. The number of aromatic nitrogens is 5. The number of H-pyrrole nitrogens is 1. The van der Waals surface area contributed by atoms with Gasteiger partial charge in [0.2, 0.25) is 0 Å². The van der Waals surface area contributed by atoms with Crippen LogP contribution in [0.1, 0.15) is 34.6 Å². The predicted molar refractivity (Wildman–Crippen MR) is 110 cm³/mol. The Bertz CT molecular complexity index is 1140. The van der Waals surface area contributed by atoms with E-state index in [1.54, 1.807) is 9.58 Å². The van der Waals surface area contributed by atoms with Crippen LogP contribution >= 0.6 is 0 Å². The molecule has 174 valence electrons. The number of carbonyl (C=O) groups is 1. The molecular formula is C21H23F2N7O3. The van der Waals surface area contributed by atoms with Gasteiger partial charge in [-0.25, -0.2) is 13.6 Å². The van der Waals surface area contributed by atoms with E-state index in [-0.39, 0.29) is 6.61 Å². The lowest BCUT2D eigenvalue weighted by atomic mass is 10.1. The second-order valence-electron chi connectivity index (χ2n) is 8.13. The number of hydrogen-bond acceptors (Lipinski definition) is 7. The summed E-state index contributed by atoms with van der Waals surface area (Å²) >= 11 is 0. The molecule has 0 saturated heterocycles. The second kappa shape index (κ2) is 8.87. The van der Waals surface area contributed by atoms with Gasteiger partial charge in [0.15, 0.2) is 17.9 Å². The van der Waals surface area contributed by atoms with Crippen molar-refractivity contribution in [2.45, 2.75) is 38.8 Å². The summed E-state index contributed by atoms with van der Waals surface area (Å²) in [5, 5.41) is 26.3. The molecule has 5 rings (SSSR count). The molecule has 0 fully saturated rings. The van der Waals surface area contributed by atoms with Crippen LogP contribution in [0.25, 0.3) is 0 Å². The number of aromatic amines is 1. The van der Waals surface area contributed by atoms with Crippen LogP contribution < -0.4 is 0 Å². The molecule has 33 heavy (non-hydrogen) atoms. The lowest BCUT2D eigenvalue weighted by Gasteiger charge is -2.28. The van der Waals surface area contributed by atoms with E-state index in [1.807, 2.05) is 11.0 Å². The van der Waals surface area contributed by atoms with Crippen molar-refractivity contribution in [1.29, 1.82) is 0 Å². The molecule has 2 aliphatic rings. The van der Waals surface area contributed by atoms with E-state index in [1.165, 1.54) is 6.07 Å². The zero-order valence-corrected chi connectivity index (χ0v) is 17.7. The molecule has 4 heterocycles. The minimum atomic E-state index is -0.979. The Morgan fingerprint density at radius 3 is 2.79 bits per heavy atom. The van der Waals surface area contributed by atoms with E-state index in [0.29, 0.717) is 56.8 Å². The minimum Gasteiger partial charge on any atom is -0.445 e. The van der Waals surface area contributed by atoms with Gasteiger partial charge in [0.05, 0.1) is 17.9 Å². The fraction of sp³-hybridized carbons (Fsp3) is 0.429. The van der Waals surface area contributed by atoms with E-state index in [2.05, 4.69) is 20.5 Å². The number of aliphatic hydroxyl groups is 1. The van der Waals surface area contributed by atoms with Gasteiger partial charge in [0.25, 0.3) is 0 Å². The number of rotatable bonds is 4. The third-order valence-corrected chi connectivity index (χ3v) is 6.01. The van der Waals surface area contributed by atoms with Crippen molar-refractivity contribution in [3.05, 3.63) is 64.2 Å². The second-order valence-corrected chi connectivity index (χ2v) is 8.13. The third-order valence-electron chi connectivity index (χ3n) is 6.01. The Labute approximate surface area is 187 Å². The van der Waals surface area contributed by atoms with E-state index < -0.39 is 24.0 Å².